The van der Waals surface area contributed by atoms with Gasteiger partial charge in [-0.05, 0) is 24.3 Å². The van der Waals surface area contributed by atoms with Crippen molar-refractivity contribution in [3.63, 3.8) is 0 Å². The minimum Gasteiger partial charge on any atom is -0.384 e. The van der Waals surface area contributed by atoms with Gasteiger partial charge in [-0.2, -0.15) is 0 Å². The number of pyridine rings is 1. The molecule has 0 bridgehead atoms. The van der Waals surface area contributed by atoms with E-state index in [1.807, 2.05) is 0 Å². The lowest BCUT2D eigenvalue weighted by Gasteiger charge is -2.08. The third-order valence-corrected chi connectivity index (χ3v) is 3.09. The predicted octanol–water partition coefficient (Wildman–Crippen LogP) is 3.13. The van der Waals surface area contributed by atoms with Crippen molar-refractivity contribution in [3.8, 4) is 0 Å². The molecule has 0 fully saturated rings. The first-order valence-electron chi connectivity index (χ1n) is 5.55. The Morgan fingerprint density at radius 2 is 2.05 bits per heavy atom. The molecule has 0 aliphatic heterocycles. The number of nitrogens with two attached hydrogens (primary N) is 1. The molecule has 3 N–H and O–H groups in total. The lowest BCUT2D eigenvalue weighted by Crippen LogP contribution is -2.15. The summed E-state index contributed by atoms with van der Waals surface area (Å²) in [5.74, 6) is -0.747. The number of benzene rings is 1. The monoisotopic (exact) mass is 326 g/mol. The molecule has 1 aromatic carbocycles. The first-order chi connectivity index (χ1) is 9.88. The fraction of sp³-hybridized carbons (Fsp3) is 0. The fourth-order valence-corrected chi connectivity index (χ4v) is 1.91. The molecule has 2 aromatic rings. The highest BCUT2D eigenvalue weighted by atomic mass is 35.5. The van der Waals surface area contributed by atoms with Gasteiger partial charge in [0, 0.05) is 5.02 Å². The zero-order chi connectivity index (χ0) is 15.6. The van der Waals surface area contributed by atoms with E-state index in [9.17, 15) is 14.9 Å². The van der Waals surface area contributed by atoms with Gasteiger partial charge in [-0.3, -0.25) is 14.9 Å². The lowest BCUT2D eigenvalue weighted by atomic mass is 10.2. The molecular formula is C12H8Cl2N4O3. The minimum atomic E-state index is -0.736. The van der Waals surface area contributed by atoms with Crippen LogP contribution in [0, 0.1) is 10.1 Å². The topological polar surface area (TPSA) is 111 Å². The van der Waals surface area contributed by atoms with Crippen molar-refractivity contribution in [2.24, 2.45) is 0 Å². The van der Waals surface area contributed by atoms with Gasteiger partial charge in [0.2, 0.25) is 0 Å². The third-order valence-electron chi connectivity index (χ3n) is 2.52. The van der Waals surface area contributed by atoms with Crippen LogP contribution in [-0.4, -0.2) is 15.8 Å². The van der Waals surface area contributed by atoms with E-state index in [-0.39, 0.29) is 22.1 Å². The molecule has 0 saturated heterocycles. The van der Waals surface area contributed by atoms with Crippen molar-refractivity contribution in [2.45, 2.75) is 0 Å². The van der Waals surface area contributed by atoms with Crippen LogP contribution in [0.2, 0.25) is 10.0 Å². The Balaban J connectivity index is 2.39. The molecule has 21 heavy (non-hydrogen) atoms. The molecule has 0 saturated carbocycles. The summed E-state index contributed by atoms with van der Waals surface area (Å²) in [6, 6.07) is 5.59. The lowest BCUT2D eigenvalue weighted by molar-refractivity contribution is -0.385. The van der Waals surface area contributed by atoms with Crippen molar-refractivity contribution < 1.29 is 9.72 Å². The fourth-order valence-electron chi connectivity index (χ4n) is 1.57. The maximum atomic E-state index is 12.2. The molecule has 1 aromatic heterocycles. The van der Waals surface area contributed by atoms with Crippen molar-refractivity contribution in [1.29, 1.82) is 0 Å². The number of nitrogen functional groups attached to an aromatic ring is 1. The van der Waals surface area contributed by atoms with Gasteiger partial charge < -0.3 is 11.1 Å². The second-order valence-corrected chi connectivity index (χ2v) is 4.81. The van der Waals surface area contributed by atoms with Gasteiger partial charge in [0.25, 0.3) is 11.6 Å². The summed E-state index contributed by atoms with van der Waals surface area (Å²) in [5.41, 5.74) is 5.01. The number of nitrogens with zero attached hydrogens (tertiary/aromatic N) is 2. The van der Waals surface area contributed by atoms with Crippen LogP contribution < -0.4 is 11.1 Å². The van der Waals surface area contributed by atoms with Gasteiger partial charge in [-0.25, -0.2) is 4.98 Å². The number of halogens is 2. The summed E-state index contributed by atoms with van der Waals surface area (Å²) in [5, 5.41) is 14.0. The zero-order valence-corrected chi connectivity index (χ0v) is 11.9. The number of carbonyl (C=O) groups excluding carboxylic acids is 1. The van der Waals surface area contributed by atoms with Gasteiger partial charge in [-0.1, -0.05) is 23.2 Å². The Kier molecular flexibility index (Phi) is 4.25. The van der Waals surface area contributed by atoms with Gasteiger partial charge in [0.15, 0.2) is 0 Å². The standard InChI is InChI=1S/C12H8Cl2N4O3/c13-6-1-2-8(14)9(3-6)17-12(19)7-4-11(15)16-5-10(7)18(20)21/h1-5H,(H2,15,16)(H,17,19). The van der Waals surface area contributed by atoms with E-state index in [0.717, 1.165) is 12.3 Å². The first-order valence-corrected chi connectivity index (χ1v) is 6.30. The number of aromatic nitrogens is 1. The molecule has 108 valence electrons. The molecule has 0 atom stereocenters. The second-order valence-electron chi connectivity index (χ2n) is 3.96. The van der Waals surface area contributed by atoms with E-state index in [2.05, 4.69) is 10.3 Å². The second kappa shape index (κ2) is 5.94. The molecule has 2 rings (SSSR count). The summed E-state index contributed by atoms with van der Waals surface area (Å²) in [6.07, 6.45) is 0.920. The van der Waals surface area contributed by atoms with Crippen molar-refractivity contribution in [3.05, 3.63) is 56.2 Å². The Labute approximate surface area is 128 Å². The van der Waals surface area contributed by atoms with Crippen LogP contribution in [0.15, 0.2) is 30.5 Å². The number of nitro groups is 1. The van der Waals surface area contributed by atoms with E-state index in [4.69, 9.17) is 28.9 Å². The molecule has 1 amide bonds. The minimum absolute atomic E-state index is 0.0112. The van der Waals surface area contributed by atoms with Gasteiger partial charge >= 0.3 is 0 Å². The summed E-state index contributed by atoms with van der Waals surface area (Å²) < 4.78 is 0. The van der Waals surface area contributed by atoms with Crippen LogP contribution in [0.3, 0.4) is 0 Å². The van der Waals surface area contributed by atoms with Crippen LogP contribution >= 0.6 is 23.2 Å². The van der Waals surface area contributed by atoms with Crippen LogP contribution in [0.25, 0.3) is 0 Å². The summed E-state index contributed by atoms with van der Waals surface area (Å²) in [4.78, 5) is 25.9. The van der Waals surface area contributed by atoms with E-state index in [0.29, 0.717) is 5.02 Å². The van der Waals surface area contributed by atoms with Crippen molar-refractivity contribution in [1.82, 2.24) is 4.98 Å². The molecule has 7 nitrogen and oxygen atoms in total. The predicted molar refractivity (Wildman–Crippen MR) is 79.7 cm³/mol. The quantitative estimate of drug-likeness (QED) is 0.664. The number of nitrogens with one attached hydrogen (secondary N) is 1. The molecule has 0 unspecified atom stereocenters. The van der Waals surface area contributed by atoms with Crippen LogP contribution in [0.5, 0.6) is 0 Å². The number of anilines is 2. The SMILES string of the molecule is Nc1cc(C(=O)Nc2cc(Cl)ccc2Cl)c([N+](=O)[O-])cn1. The molecular weight excluding hydrogens is 319 g/mol. The third kappa shape index (κ3) is 3.39. The first kappa shape index (κ1) is 15.0. The number of hydrogen-bond donors (Lipinski definition) is 2. The van der Waals surface area contributed by atoms with Crippen molar-refractivity contribution >= 4 is 46.3 Å². The maximum Gasteiger partial charge on any atom is 0.300 e. The van der Waals surface area contributed by atoms with E-state index >= 15 is 0 Å². The smallest absolute Gasteiger partial charge is 0.300 e. The Morgan fingerprint density at radius 3 is 2.71 bits per heavy atom. The van der Waals surface area contributed by atoms with Crippen LogP contribution in [0.1, 0.15) is 10.4 Å². The normalized spacial score (nSPS) is 10.2. The van der Waals surface area contributed by atoms with E-state index in [1.54, 1.807) is 6.07 Å². The summed E-state index contributed by atoms with van der Waals surface area (Å²) >= 11 is 11.7. The van der Waals surface area contributed by atoms with Gasteiger partial charge in [-0.15, -0.1) is 0 Å². The molecule has 0 aliphatic rings. The highest BCUT2D eigenvalue weighted by Gasteiger charge is 2.22. The van der Waals surface area contributed by atoms with E-state index in [1.165, 1.54) is 12.1 Å². The molecule has 0 aliphatic carbocycles. The number of rotatable bonds is 3. The summed E-state index contributed by atoms with van der Waals surface area (Å²) in [6.45, 7) is 0. The highest BCUT2D eigenvalue weighted by Crippen LogP contribution is 2.27. The molecule has 0 radical (unpaired) electrons. The highest BCUT2D eigenvalue weighted by molar-refractivity contribution is 6.36. The molecule has 0 spiro atoms. The summed E-state index contributed by atoms with van der Waals surface area (Å²) in [7, 11) is 0. The van der Waals surface area contributed by atoms with Crippen LogP contribution in [0.4, 0.5) is 17.2 Å². The Morgan fingerprint density at radius 1 is 1.33 bits per heavy atom. The Hall–Kier alpha value is -2.38. The van der Waals surface area contributed by atoms with Gasteiger partial charge in [0.1, 0.15) is 17.6 Å². The zero-order valence-electron chi connectivity index (χ0n) is 10.3. The number of carbonyl (C=O) groups is 1. The van der Waals surface area contributed by atoms with E-state index < -0.39 is 16.5 Å². The maximum absolute atomic E-state index is 12.2. The largest absolute Gasteiger partial charge is 0.384 e. The average molecular weight is 327 g/mol. The van der Waals surface area contributed by atoms with Crippen molar-refractivity contribution in [2.75, 3.05) is 11.1 Å². The number of hydrogen-bond acceptors (Lipinski definition) is 5. The van der Waals surface area contributed by atoms with Crippen LogP contribution in [-0.2, 0) is 0 Å². The number of amides is 1. The molecule has 9 heteroatoms. The average Bonchev–Trinajstić information content (AvgIpc) is 2.42. The Bertz CT molecular complexity index is 736. The molecule has 1 heterocycles. The van der Waals surface area contributed by atoms with Gasteiger partial charge in [0.05, 0.1) is 15.6 Å².